The third-order valence-corrected chi connectivity index (χ3v) is 6.99. The van der Waals surface area contributed by atoms with Gasteiger partial charge in [-0.1, -0.05) is 11.6 Å². The van der Waals surface area contributed by atoms with Crippen LogP contribution in [0, 0.1) is 0 Å². The molecule has 1 spiro atoms. The van der Waals surface area contributed by atoms with Gasteiger partial charge in [-0.3, -0.25) is 9.63 Å². The van der Waals surface area contributed by atoms with Crippen LogP contribution in [0.5, 0.6) is 17.2 Å². The summed E-state index contributed by atoms with van der Waals surface area (Å²) < 4.78 is 12.0. The molecule has 0 aliphatic carbocycles. The Hall–Kier alpha value is -2.56. The normalized spacial score (nSPS) is 22.1. The van der Waals surface area contributed by atoms with Crippen molar-refractivity contribution in [2.24, 2.45) is 0 Å². The van der Waals surface area contributed by atoms with E-state index in [2.05, 4.69) is 4.90 Å². The van der Waals surface area contributed by atoms with Gasteiger partial charge in [0.2, 0.25) is 0 Å². The van der Waals surface area contributed by atoms with E-state index in [0.717, 1.165) is 48.7 Å². The van der Waals surface area contributed by atoms with Crippen LogP contribution < -0.4 is 9.47 Å². The molecule has 2 saturated heterocycles. The lowest BCUT2D eigenvalue weighted by atomic mass is 9.87. The summed E-state index contributed by atoms with van der Waals surface area (Å²) in [6.45, 7) is 2.03. The summed E-state index contributed by atoms with van der Waals surface area (Å²) in [4.78, 5) is 20.1. The summed E-state index contributed by atoms with van der Waals surface area (Å²) in [6.07, 6.45) is 1.00. The minimum atomic E-state index is -0.792. The Morgan fingerprint density at radius 1 is 1.23 bits per heavy atom. The molecule has 3 heterocycles. The molecule has 0 unspecified atom stereocenters. The predicted octanol–water partition coefficient (Wildman–Crippen LogP) is 2.00. The van der Waals surface area contributed by atoms with Gasteiger partial charge < -0.3 is 29.7 Å². The van der Waals surface area contributed by atoms with E-state index in [1.54, 1.807) is 0 Å². The van der Waals surface area contributed by atoms with E-state index in [4.69, 9.17) is 25.9 Å². The lowest BCUT2D eigenvalue weighted by Crippen LogP contribution is -2.49. The molecule has 2 atom stereocenters. The number of piperidine rings is 1. The lowest BCUT2D eigenvalue weighted by molar-refractivity contribution is -0.0781. The molecule has 5 rings (SSSR count). The number of halogens is 1. The number of likely N-dealkylation sites (tertiary alicyclic amines) is 1. The minimum absolute atomic E-state index is 0.0424. The van der Waals surface area contributed by atoms with Gasteiger partial charge in [0.25, 0.3) is 5.91 Å². The molecule has 2 aromatic carbocycles. The maximum absolute atomic E-state index is 12.7. The van der Waals surface area contributed by atoms with Crippen LogP contribution in [0.15, 0.2) is 36.4 Å². The van der Waals surface area contributed by atoms with Crippen molar-refractivity contribution < 1.29 is 34.4 Å². The number of ether oxygens (including phenoxy) is 2. The molecule has 2 fully saturated rings. The number of β-amino-alcohol motifs (C(OH)–C–C–N with tert-alkyl or cyclic N) is 2. The van der Waals surface area contributed by atoms with E-state index in [-0.39, 0.29) is 42.4 Å². The molecule has 3 N–H and O–H groups in total. The Labute approximate surface area is 208 Å². The van der Waals surface area contributed by atoms with Gasteiger partial charge in [-0.2, -0.15) is 0 Å². The standard InChI is InChI=1S/C25H29ClN2O7/c26-17-1-4-22-16(9-17)11-25(35-22)5-7-27(8-6-25)12-19(30)14-33-23-10-18(29)2-3-21(23)24(32)28-13-20(31)15-34-28/h1-4,9-10,19-20,29-31H,5-8,11-15H2/t19-,20-/m0/s1. The Bertz CT molecular complexity index is 1090. The molecule has 3 aliphatic heterocycles. The first-order valence-electron chi connectivity index (χ1n) is 11.8. The summed E-state index contributed by atoms with van der Waals surface area (Å²) in [6, 6.07) is 9.89. The predicted molar refractivity (Wildman–Crippen MR) is 127 cm³/mol. The zero-order valence-electron chi connectivity index (χ0n) is 19.2. The number of carbonyl (C=O) groups is 1. The second-order valence-corrected chi connectivity index (χ2v) is 9.91. The van der Waals surface area contributed by atoms with Crippen molar-refractivity contribution >= 4 is 17.5 Å². The van der Waals surface area contributed by atoms with Crippen LogP contribution in [-0.2, 0) is 11.3 Å². The molecule has 188 valence electrons. The van der Waals surface area contributed by atoms with E-state index < -0.39 is 18.1 Å². The van der Waals surface area contributed by atoms with Gasteiger partial charge in [-0.25, -0.2) is 5.06 Å². The van der Waals surface area contributed by atoms with Crippen molar-refractivity contribution in [2.45, 2.75) is 37.1 Å². The monoisotopic (exact) mass is 504 g/mol. The maximum atomic E-state index is 12.7. The number of aromatic hydroxyl groups is 1. The van der Waals surface area contributed by atoms with E-state index in [9.17, 15) is 20.1 Å². The number of hydroxylamine groups is 2. The molecule has 10 heteroatoms. The first-order valence-corrected chi connectivity index (χ1v) is 12.1. The Morgan fingerprint density at radius 3 is 2.77 bits per heavy atom. The van der Waals surface area contributed by atoms with E-state index in [0.29, 0.717) is 11.6 Å². The molecular weight excluding hydrogens is 476 g/mol. The summed E-state index contributed by atoms with van der Waals surface area (Å²) in [5, 5.41) is 31.9. The van der Waals surface area contributed by atoms with Gasteiger partial charge in [0.05, 0.1) is 12.1 Å². The van der Waals surface area contributed by atoms with Gasteiger partial charge in [0.1, 0.15) is 48.3 Å². The van der Waals surface area contributed by atoms with Gasteiger partial charge in [-0.15, -0.1) is 0 Å². The molecule has 1 amide bonds. The number of amides is 1. The molecule has 0 bridgehead atoms. The number of hydrogen-bond donors (Lipinski definition) is 3. The number of phenols is 1. The number of phenolic OH excluding ortho intramolecular Hbond substituents is 1. The maximum Gasteiger partial charge on any atom is 0.281 e. The van der Waals surface area contributed by atoms with Crippen molar-refractivity contribution in [1.29, 1.82) is 0 Å². The Balaban J connectivity index is 1.13. The zero-order valence-corrected chi connectivity index (χ0v) is 20.0. The molecule has 0 aromatic heterocycles. The van der Waals surface area contributed by atoms with Crippen molar-refractivity contribution in [2.75, 3.05) is 39.4 Å². The minimum Gasteiger partial charge on any atom is -0.508 e. The third kappa shape index (κ3) is 5.34. The quantitative estimate of drug-likeness (QED) is 0.548. The summed E-state index contributed by atoms with van der Waals surface area (Å²) in [5.74, 6) is 0.508. The number of hydrogen-bond acceptors (Lipinski definition) is 8. The highest BCUT2D eigenvalue weighted by Crippen LogP contribution is 2.42. The van der Waals surface area contributed by atoms with E-state index in [1.807, 2.05) is 18.2 Å². The average Bonchev–Trinajstić information content (AvgIpc) is 3.42. The molecule has 0 radical (unpaired) electrons. The number of aliphatic hydroxyl groups excluding tert-OH is 2. The van der Waals surface area contributed by atoms with Crippen LogP contribution in [0.3, 0.4) is 0 Å². The first-order chi connectivity index (χ1) is 16.8. The average molecular weight is 505 g/mol. The Kier molecular flexibility index (Phi) is 6.78. The van der Waals surface area contributed by atoms with Gasteiger partial charge >= 0.3 is 0 Å². The number of aliphatic hydroxyl groups is 2. The molecule has 2 aromatic rings. The number of fused-ring (bicyclic) bond motifs is 1. The molecule has 0 saturated carbocycles. The Morgan fingerprint density at radius 2 is 2.03 bits per heavy atom. The second kappa shape index (κ2) is 9.83. The van der Waals surface area contributed by atoms with Crippen molar-refractivity contribution in [3.63, 3.8) is 0 Å². The van der Waals surface area contributed by atoms with Crippen molar-refractivity contribution in [3.8, 4) is 17.2 Å². The van der Waals surface area contributed by atoms with E-state index in [1.165, 1.54) is 18.2 Å². The smallest absolute Gasteiger partial charge is 0.281 e. The molecule has 9 nitrogen and oxygen atoms in total. The highest BCUT2D eigenvalue weighted by atomic mass is 35.5. The second-order valence-electron chi connectivity index (χ2n) is 9.48. The van der Waals surface area contributed by atoms with E-state index >= 15 is 0 Å². The van der Waals surface area contributed by atoms with Crippen LogP contribution in [0.25, 0.3) is 0 Å². The largest absolute Gasteiger partial charge is 0.508 e. The fourth-order valence-corrected chi connectivity index (χ4v) is 5.11. The van der Waals surface area contributed by atoms with Crippen molar-refractivity contribution in [1.82, 2.24) is 9.96 Å². The van der Waals surface area contributed by atoms with Crippen LogP contribution in [0.2, 0.25) is 5.02 Å². The van der Waals surface area contributed by atoms with Gasteiger partial charge in [0.15, 0.2) is 0 Å². The van der Waals surface area contributed by atoms with Crippen LogP contribution in [0.1, 0.15) is 28.8 Å². The van der Waals surface area contributed by atoms with Crippen LogP contribution in [-0.4, -0.2) is 88.4 Å². The van der Waals surface area contributed by atoms with Crippen LogP contribution >= 0.6 is 11.6 Å². The third-order valence-electron chi connectivity index (χ3n) is 6.75. The number of nitrogens with zero attached hydrogens (tertiary/aromatic N) is 2. The van der Waals surface area contributed by atoms with Gasteiger partial charge in [-0.05, 0) is 35.9 Å². The number of rotatable bonds is 6. The number of benzene rings is 2. The fraction of sp³-hybridized carbons (Fsp3) is 0.480. The summed E-state index contributed by atoms with van der Waals surface area (Å²) >= 11 is 6.12. The molecular formula is C25H29ClN2O7. The fourth-order valence-electron chi connectivity index (χ4n) is 4.92. The van der Waals surface area contributed by atoms with Crippen molar-refractivity contribution in [3.05, 3.63) is 52.5 Å². The lowest BCUT2D eigenvalue weighted by Gasteiger charge is -2.39. The highest BCUT2D eigenvalue weighted by molar-refractivity contribution is 6.30. The highest BCUT2D eigenvalue weighted by Gasteiger charge is 2.42. The first kappa shape index (κ1) is 24.1. The molecule has 35 heavy (non-hydrogen) atoms. The summed E-state index contributed by atoms with van der Waals surface area (Å²) in [5.41, 5.74) is 1.11. The summed E-state index contributed by atoms with van der Waals surface area (Å²) in [7, 11) is 0. The SMILES string of the molecule is O=C(c1ccc(O)cc1OC[C@@H](O)CN1CCC2(CC1)Cc1cc(Cl)ccc1O2)N1C[C@H](O)CO1. The molecule has 3 aliphatic rings. The van der Waals surface area contributed by atoms with Gasteiger partial charge in [0, 0.05) is 50.0 Å². The topological polar surface area (TPSA) is 112 Å². The number of carbonyl (C=O) groups excluding carboxylic acids is 1. The van der Waals surface area contributed by atoms with Crippen LogP contribution in [0.4, 0.5) is 0 Å². The zero-order chi connectivity index (χ0) is 24.6.